The molecule has 0 aliphatic carbocycles. The smallest absolute Gasteiger partial charge is 0.0499 e. The molecule has 0 saturated heterocycles. The molecule has 0 aliphatic rings. The van der Waals surface area contributed by atoms with Gasteiger partial charge in [0.05, 0.1) is 0 Å². The number of hydrogen-bond donors (Lipinski definition) is 1. The van der Waals surface area contributed by atoms with Gasteiger partial charge in [-0.05, 0) is 66.7 Å². The molecule has 21 heavy (non-hydrogen) atoms. The second-order valence-electron chi connectivity index (χ2n) is 6.46. The molecule has 0 saturated carbocycles. The zero-order valence-electron chi connectivity index (χ0n) is 14.7. The van der Waals surface area contributed by atoms with Gasteiger partial charge in [-0.1, -0.05) is 47.1 Å². The maximum atomic E-state index is 9.55. The van der Waals surface area contributed by atoms with Crippen molar-refractivity contribution < 1.29 is 5.11 Å². The summed E-state index contributed by atoms with van der Waals surface area (Å²) in [6.07, 6.45) is 11.9. The van der Waals surface area contributed by atoms with Gasteiger partial charge in [0.25, 0.3) is 0 Å². The molecule has 0 bridgehead atoms. The topological polar surface area (TPSA) is 20.2 Å². The maximum absolute atomic E-state index is 9.55. The van der Waals surface area contributed by atoms with E-state index in [4.69, 9.17) is 0 Å². The third kappa shape index (κ3) is 11.3. The molecule has 0 amide bonds. The van der Waals surface area contributed by atoms with Gasteiger partial charge in [-0.15, -0.1) is 0 Å². The molecule has 0 aromatic rings. The highest BCUT2D eigenvalue weighted by molar-refractivity contribution is 5.09. The van der Waals surface area contributed by atoms with Gasteiger partial charge in [0, 0.05) is 12.5 Å². The Kier molecular flexibility index (Phi) is 11.0. The predicted octanol–water partition coefficient (Wildman–Crippen LogP) is 5.98. The molecule has 0 aromatic heterocycles. The lowest BCUT2D eigenvalue weighted by molar-refractivity contribution is 0.245. The van der Waals surface area contributed by atoms with E-state index < -0.39 is 0 Å². The van der Waals surface area contributed by atoms with Gasteiger partial charge in [0.1, 0.15) is 0 Å². The summed E-state index contributed by atoms with van der Waals surface area (Å²) in [5.41, 5.74) is 5.30. The van der Waals surface area contributed by atoms with Gasteiger partial charge >= 0.3 is 0 Å². The van der Waals surface area contributed by atoms with Crippen molar-refractivity contribution in [3.8, 4) is 0 Å². The van der Waals surface area contributed by atoms with E-state index in [1.807, 2.05) is 0 Å². The molecule has 1 N–H and O–H groups in total. The van der Waals surface area contributed by atoms with Gasteiger partial charge < -0.3 is 5.11 Å². The standard InChI is InChI=1S/C20H34O/c1-16(2)9-7-11-18(5)13-14-20(15-21)19(6)12-8-10-17(3)4/h9-10,13,20-21H,6-8,11-12,14-15H2,1-5H3/b18-13+/t20-/m1/s1. The van der Waals surface area contributed by atoms with Crippen LogP contribution in [0.15, 0.2) is 47.1 Å². The zero-order chi connectivity index (χ0) is 16.3. The number of rotatable bonds is 10. The van der Waals surface area contributed by atoms with Crippen molar-refractivity contribution in [3.63, 3.8) is 0 Å². The van der Waals surface area contributed by atoms with E-state index in [0.29, 0.717) is 0 Å². The van der Waals surface area contributed by atoms with Crippen LogP contribution in [0, 0.1) is 5.92 Å². The SMILES string of the molecule is C=C(CCC=C(C)C)[C@@H](CO)C/C=C(\C)CCC=C(C)C. The average Bonchev–Trinajstić information content (AvgIpc) is 2.38. The summed E-state index contributed by atoms with van der Waals surface area (Å²) < 4.78 is 0. The van der Waals surface area contributed by atoms with Crippen LogP contribution >= 0.6 is 0 Å². The van der Waals surface area contributed by atoms with Crippen LogP contribution < -0.4 is 0 Å². The molecule has 0 aromatic carbocycles. The summed E-state index contributed by atoms with van der Waals surface area (Å²) in [7, 11) is 0. The van der Waals surface area contributed by atoms with Crippen LogP contribution in [0.4, 0.5) is 0 Å². The Morgan fingerprint density at radius 3 is 1.90 bits per heavy atom. The molecule has 0 radical (unpaired) electrons. The van der Waals surface area contributed by atoms with E-state index >= 15 is 0 Å². The van der Waals surface area contributed by atoms with Gasteiger partial charge in [0.15, 0.2) is 0 Å². The van der Waals surface area contributed by atoms with E-state index in [1.165, 1.54) is 22.3 Å². The molecular formula is C20H34O. The Balaban J connectivity index is 4.26. The minimum Gasteiger partial charge on any atom is -0.396 e. The fourth-order valence-electron chi connectivity index (χ4n) is 2.15. The summed E-state index contributed by atoms with van der Waals surface area (Å²) >= 11 is 0. The Labute approximate surface area is 132 Å². The average molecular weight is 290 g/mol. The van der Waals surface area contributed by atoms with E-state index in [0.717, 1.165) is 32.1 Å². The highest BCUT2D eigenvalue weighted by atomic mass is 16.3. The number of allylic oxidation sites excluding steroid dienone is 6. The lowest BCUT2D eigenvalue weighted by Crippen LogP contribution is -2.08. The quantitative estimate of drug-likeness (QED) is 0.491. The van der Waals surface area contributed by atoms with Crippen LogP contribution in [0.25, 0.3) is 0 Å². The van der Waals surface area contributed by atoms with Crippen molar-refractivity contribution in [2.75, 3.05) is 6.61 Å². The first-order valence-electron chi connectivity index (χ1n) is 8.07. The molecule has 0 unspecified atom stereocenters. The van der Waals surface area contributed by atoms with Gasteiger partial charge in [0.2, 0.25) is 0 Å². The third-order valence-corrected chi connectivity index (χ3v) is 3.66. The minimum atomic E-state index is 0.200. The lowest BCUT2D eigenvalue weighted by atomic mass is 9.92. The predicted molar refractivity (Wildman–Crippen MR) is 95.4 cm³/mol. The molecule has 1 heteroatoms. The summed E-state index contributed by atoms with van der Waals surface area (Å²) in [5, 5.41) is 9.55. The molecule has 1 atom stereocenters. The first kappa shape index (κ1) is 19.9. The van der Waals surface area contributed by atoms with Crippen LogP contribution in [0.1, 0.15) is 66.7 Å². The Morgan fingerprint density at radius 2 is 1.43 bits per heavy atom. The lowest BCUT2D eigenvalue weighted by Gasteiger charge is -2.15. The van der Waals surface area contributed by atoms with Crippen LogP contribution in [0.3, 0.4) is 0 Å². The molecule has 120 valence electrons. The first-order valence-corrected chi connectivity index (χ1v) is 8.07. The van der Waals surface area contributed by atoms with E-state index in [-0.39, 0.29) is 12.5 Å². The molecule has 0 aliphatic heterocycles. The van der Waals surface area contributed by atoms with Crippen molar-refractivity contribution in [3.05, 3.63) is 47.1 Å². The van der Waals surface area contributed by atoms with Gasteiger partial charge in [-0.3, -0.25) is 0 Å². The molecule has 1 nitrogen and oxygen atoms in total. The van der Waals surface area contributed by atoms with Gasteiger partial charge in [-0.2, -0.15) is 0 Å². The summed E-state index contributed by atoms with van der Waals surface area (Å²) in [4.78, 5) is 0. The molecular weight excluding hydrogens is 256 g/mol. The second kappa shape index (κ2) is 11.6. The summed E-state index contributed by atoms with van der Waals surface area (Å²) in [6, 6.07) is 0. The van der Waals surface area contributed by atoms with Crippen LogP contribution in [-0.2, 0) is 0 Å². The van der Waals surface area contributed by atoms with E-state index in [2.05, 4.69) is 59.4 Å². The van der Waals surface area contributed by atoms with Crippen LogP contribution in [0.2, 0.25) is 0 Å². The Bertz CT molecular complexity index is 388. The minimum absolute atomic E-state index is 0.200. The fraction of sp³-hybridized carbons (Fsp3) is 0.600. The second-order valence-corrected chi connectivity index (χ2v) is 6.46. The molecule has 0 spiro atoms. The molecule has 0 fully saturated rings. The summed E-state index contributed by atoms with van der Waals surface area (Å²) in [5.74, 6) is 0.203. The van der Waals surface area contributed by atoms with Crippen LogP contribution in [0.5, 0.6) is 0 Å². The largest absolute Gasteiger partial charge is 0.396 e. The molecule has 0 rings (SSSR count). The van der Waals surface area contributed by atoms with Crippen molar-refractivity contribution in [2.24, 2.45) is 5.92 Å². The van der Waals surface area contributed by atoms with Crippen LogP contribution in [-0.4, -0.2) is 11.7 Å². The van der Waals surface area contributed by atoms with Gasteiger partial charge in [-0.25, -0.2) is 0 Å². The third-order valence-electron chi connectivity index (χ3n) is 3.66. The number of aliphatic hydroxyl groups excluding tert-OH is 1. The first-order chi connectivity index (χ1) is 9.86. The Hall–Kier alpha value is -1.08. The van der Waals surface area contributed by atoms with Crippen molar-refractivity contribution in [1.29, 1.82) is 0 Å². The molecule has 0 heterocycles. The van der Waals surface area contributed by atoms with E-state index in [1.54, 1.807) is 0 Å². The van der Waals surface area contributed by atoms with Crippen molar-refractivity contribution in [1.82, 2.24) is 0 Å². The monoisotopic (exact) mass is 290 g/mol. The normalized spacial score (nSPS) is 12.8. The highest BCUT2D eigenvalue weighted by Crippen LogP contribution is 2.21. The maximum Gasteiger partial charge on any atom is 0.0499 e. The van der Waals surface area contributed by atoms with E-state index in [9.17, 15) is 5.11 Å². The zero-order valence-corrected chi connectivity index (χ0v) is 14.7. The summed E-state index contributed by atoms with van der Waals surface area (Å²) in [6.45, 7) is 15.0. The number of aliphatic hydroxyl groups is 1. The van der Waals surface area contributed by atoms with Crippen molar-refractivity contribution >= 4 is 0 Å². The Morgan fingerprint density at radius 1 is 0.905 bits per heavy atom. The number of hydrogen-bond acceptors (Lipinski definition) is 1. The van der Waals surface area contributed by atoms with Crippen molar-refractivity contribution in [2.45, 2.75) is 66.7 Å². The fourth-order valence-corrected chi connectivity index (χ4v) is 2.15. The highest BCUT2D eigenvalue weighted by Gasteiger charge is 2.09.